The molecule has 0 spiro atoms. The van der Waals surface area contributed by atoms with Crippen molar-refractivity contribution in [1.82, 2.24) is 5.32 Å². The number of aliphatic hydroxyl groups excluding tert-OH is 1. The van der Waals surface area contributed by atoms with Crippen molar-refractivity contribution in [1.29, 1.82) is 0 Å². The van der Waals surface area contributed by atoms with Gasteiger partial charge in [-0.15, -0.1) is 0 Å². The maximum atomic E-state index is 12.9. The highest BCUT2D eigenvalue weighted by molar-refractivity contribution is 5.67. The van der Waals surface area contributed by atoms with Gasteiger partial charge in [-0.25, -0.2) is 4.79 Å². The van der Waals surface area contributed by atoms with E-state index < -0.39 is 23.8 Å². The Bertz CT molecular complexity index is 1310. The minimum Gasteiger partial charge on any atom is -0.497 e. The molecule has 0 heterocycles. The van der Waals surface area contributed by atoms with Crippen LogP contribution in [0.4, 0.5) is 4.79 Å². The van der Waals surface area contributed by atoms with Gasteiger partial charge in [-0.2, -0.15) is 0 Å². The maximum Gasteiger partial charge on any atom is 0.407 e. The van der Waals surface area contributed by atoms with Gasteiger partial charge in [0, 0.05) is 0 Å². The zero-order valence-electron chi connectivity index (χ0n) is 24.4. The number of amides is 1. The van der Waals surface area contributed by atoms with Crippen LogP contribution in [-0.2, 0) is 21.7 Å². The standard InChI is InChI=1S/C35H39NO6/c1-4-31(37)23-30(36-34(38)41-24-26-11-7-5-8-12-26)25-42-35(27-13-9-6-10-14-27,28-15-19-32(39-2)20-16-28)29-17-21-33(40-3)22-18-29/h5-22,30-31,37H,4,23-25H2,1-3H3,(H,36,38)/t30-,31-/m0/s1. The number of hydrogen-bond acceptors (Lipinski definition) is 6. The molecule has 0 saturated heterocycles. The van der Waals surface area contributed by atoms with E-state index in [9.17, 15) is 9.90 Å². The van der Waals surface area contributed by atoms with E-state index in [1.165, 1.54) is 0 Å². The molecule has 4 aromatic rings. The molecule has 220 valence electrons. The van der Waals surface area contributed by atoms with Crippen LogP contribution >= 0.6 is 0 Å². The monoisotopic (exact) mass is 569 g/mol. The summed E-state index contributed by atoms with van der Waals surface area (Å²) in [6, 6.07) is 34.4. The predicted octanol–water partition coefficient (Wildman–Crippen LogP) is 6.47. The fraction of sp³-hybridized carbons (Fsp3) is 0.286. The topological polar surface area (TPSA) is 86.3 Å². The molecule has 7 nitrogen and oxygen atoms in total. The molecule has 0 bridgehead atoms. The summed E-state index contributed by atoms with van der Waals surface area (Å²) in [6.45, 7) is 2.14. The van der Waals surface area contributed by atoms with Crippen LogP contribution in [0.3, 0.4) is 0 Å². The van der Waals surface area contributed by atoms with Crippen molar-refractivity contribution in [2.75, 3.05) is 20.8 Å². The first-order valence-corrected chi connectivity index (χ1v) is 14.1. The zero-order valence-corrected chi connectivity index (χ0v) is 24.4. The number of benzene rings is 4. The Labute approximate surface area is 248 Å². The molecule has 1 amide bonds. The van der Waals surface area contributed by atoms with Crippen LogP contribution in [0.2, 0.25) is 0 Å². The minimum absolute atomic E-state index is 0.102. The van der Waals surface area contributed by atoms with E-state index in [2.05, 4.69) is 5.32 Å². The lowest BCUT2D eigenvalue weighted by atomic mass is 9.80. The molecular weight excluding hydrogens is 530 g/mol. The van der Waals surface area contributed by atoms with Gasteiger partial charge in [0.1, 0.15) is 23.7 Å². The van der Waals surface area contributed by atoms with E-state index in [1.54, 1.807) is 14.2 Å². The normalized spacial score (nSPS) is 12.7. The Hall–Kier alpha value is -4.33. The maximum absolute atomic E-state index is 12.9. The summed E-state index contributed by atoms with van der Waals surface area (Å²) in [5, 5.41) is 13.5. The van der Waals surface area contributed by atoms with Gasteiger partial charge in [0.25, 0.3) is 0 Å². The average molecular weight is 570 g/mol. The van der Waals surface area contributed by atoms with Gasteiger partial charge in [-0.1, -0.05) is 91.9 Å². The number of aliphatic hydroxyl groups is 1. The Morgan fingerprint density at radius 3 is 1.76 bits per heavy atom. The third-order valence-corrected chi connectivity index (χ3v) is 7.24. The van der Waals surface area contributed by atoms with E-state index in [4.69, 9.17) is 18.9 Å². The predicted molar refractivity (Wildman–Crippen MR) is 163 cm³/mol. The molecule has 42 heavy (non-hydrogen) atoms. The number of ether oxygens (including phenoxy) is 4. The summed E-state index contributed by atoms with van der Waals surface area (Å²) in [4.78, 5) is 12.9. The fourth-order valence-corrected chi connectivity index (χ4v) is 4.90. The number of carbonyl (C=O) groups is 1. The van der Waals surface area contributed by atoms with Crippen molar-refractivity contribution in [3.8, 4) is 11.5 Å². The largest absolute Gasteiger partial charge is 0.497 e. The molecule has 2 N–H and O–H groups in total. The highest BCUT2D eigenvalue weighted by Crippen LogP contribution is 2.41. The zero-order chi connectivity index (χ0) is 29.8. The number of methoxy groups -OCH3 is 2. The summed E-state index contributed by atoms with van der Waals surface area (Å²) >= 11 is 0. The number of carbonyl (C=O) groups excluding carboxylic acids is 1. The van der Waals surface area contributed by atoms with Crippen molar-refractivity contribution in [2.24, 2.45) is 0 Å². The van der Waals surface area contributed by atoms with Crippen molar-refractivity contribution >= 4 is 6.09 Å². The molecule has 0 fully saturated rings. The van der Waals surface area contributed by atoms with Gasteiger partial charge in [0.2, 0.25) is 0 Å². The van der Waals surface area contributed by atoms with Gasteiger partial charge >= 0.3 is 6.09 Å². The van der Waals surface area contributed by atoms with Crippen molar-refractivity contribution in [2.45, 2.75) is 44.1 Å². The molecule has 2 atom stereocenters. The van der Waals surface area contributed by atoms with E-state index in [0.29, 0.717) is 12.8 Å². The van der Waals surface area contributed by atoms with Crippen LogP contribution in [0.15, 0.2) is 109 Å². The van der Waals surface area contributed by atoms with Crippen LogP contribution in [0, 0.1) is 0 Å². The van der Waals surface area contributed by atoms with Crippen molar-refractivity contribution in [3.63, 3.8) is 0 Å². The summed E-state index contributed by atoms with van der Waals surface area (Å²) in [5.41, 5.74) is 2.49. The van der Waals surface area contributed by atoms with E-state index in [0.717, 1.165) is 33.8 Å². The first-order chi connectivity index (χ1) is 20.5. The molecule has 0 aliphatic heterocycles. The summed E-state index contributed by atoms with van der Waals surface area (Å²) in [6.07, 6.45) is -0.360. The van der Waals surface area contributed by atoms with Gasteiger partial charge in [-0.3, -0.25) is 0 Å². The van der Waals surface area contributed by atoms with Gasteiger partial charge in [0.15, 0.2) is 0 Å². The second kappa shape index (κ2) is 15.1. The molecule has 4 aromatic carbocycles. The summed E-state index contributed by atoms with van der Waals surface area (Å²) in [5.74, 6) is 1.45. The first kappa shape index (κ1) is 30.6. The lowest BCUT2D eigenvalue weighted by Crippen LogP contribution is -2.44. The lowest BCUT2D eigenvalue weighted by Gasteiger charge is -2.37. The minimum atomic E-state index is -1.05. The van der Waals surface area contributed by atoms with E-state index >= 15 is 0 Å². The smallest absolute Gasteiger partial charge is 0.407 e. The summed E-state index contributed by atoms with van der Waals surface area (Å²) in [7, 11) is 3.26. The number of nitrogens with one attached hydrogen (secondary N) is 1. The Morgan fingerprint density at radius 1 is 0.762 bits per heavy atom. The van der Waals surface area contributed by atoms with E-state index in [1.807, 2.05) is 116 Å². The lowest BCUT2D eigenvalue weighted by molar-refractivity contribution is -0.00817. The van der Waals surface area contributed by atoms with Gasteiger partial charge in [-0.05, 0) is 59.4 Å². The van der Waals surface area contributed by atoms with E-state index in [-0.39, 0.29) is 13.2 Å². The third-order valence-electron chi connectivity index (χ3n) is 7.24. The quantitative estimate of drug-likeness (QED) is 0.169. The SMILES string of the molecule is CC[C@H](O)C[C@@H](COC(c1ccccc1)(c1ccc(OC)cc1)c1ccc(OC)cc1)NC(=O)OCc1ccccc1. The molecule has 0 saturated carbocycles. The molecule has 0 aliphatic rings. The molecule has 0 aromatic heterocycles. The van der Waals surface area contributed by atoms with Crippen LogP contribution in [0.5, 0.6) is 11.5 Å². The Kier molecular flexibility index (Phi) is 11.0. The van der Waals surface area contributed by atoms with Crippen LogP contribution in [0.25, 0.3) is 0 Å². The molecule has 0 unspecified atom stereocenters. The molecule has 7 heteroatoms. The van der Waals surface area contributed by atoms with Gasteiger partial charge in [0.05, 0.1) is 33.0 Å². The first-order valence-electron chi connectivity index (χ1n) is 14.1. The van der Waals surface area contributed by atoms with Gasteiger partial charge < -0.3 is 29.4 Å². The fourth-order valence-electron chi connectivity index (χ4n) is 4.90. The van der Waals surface area contributed by atoms with Crippen molar-refractivity contribution < 1.29 is 28.8 Å². The molecule has 4 rings (SSSR count). The second-order valence-electron chi connectivity index (χ2n) is 10.0. The average Bonchev–Trinajstić information content (AvgIpc) is 3.05. The van der Waals surface area contributed by atoms with Crippen LogP contribution in [0.1, 0.15) is 42.0 Å². The molecular formula is C35H39NO6. The highest BCUT2D eigenvalue weighted by atomic mass is 16.5. The Balaban J connectivity index is 1.69. The number of alkyl carbamates (subject to hydrolysis) is 1. The van der Waals surface area contributed by atoms with Crippen molar-refractivity contribution in [3.05, 3.63) is 131 Å². The number of rotatable bonds is 14. The summed E-state index contributed by atoms with van der Waals surface area (Å²) < 4.78 is 23.3. The molecule has 0 radical (unpaired) electrons. The number of hydrogen-bond donors (Lipinski definition) is 2. The Morgan fingerprint density at radius 2 is 1.26 bits per heavy atom. The van der Waals surface area contributed by atoms with Crippen LogP contribution in [-0.4, -0.2) is 44.2 Å². The second-order valence-corrected chi connectivity index (χ2v) is 10.0. The van der Waals surface area contributed by atoms with Crippen LogP contribution < -0.4 is 14.8 Å². The third kappa shape index (κ3) is 7.69. The molecule has 0 aliphatic carbocycles. The highest BCUT2D eigenvalue weighted by Gasteiger charge is 2.39.